The first-order chi connectivity index (χ1) is 10.1. The van der Waals surface area contributed by atoms with Crippen LogP contribution in [-0.2, 0) is 6.54 Å². The molecule has 0 bridgehead atoms. The largest absolute Gasteiger partial charge is 0.369 e. The van der Waals surface area contributed by atoms with Crippen LogP contribution in [0.4, 0.5) is 10.3 Å². The van der Waals surface area contributed by atoms with E-state index < -0.39 is 0 Å². The summed E-state index contributed by atoms with van der Waals surface area (Å²) in [5.41, 5.74) is 8.64. The van der Waals surface area contributed by atoms with Crippen molar-refractivity contribution in [3.05, 3.63) is 57.8 Å². The fourth-order valence-corrected chi connectivity index (χ4v) is 2.56. The lowest BCUT2D eigenvalue weighted by molar-refractivity contribution is 0.622. The number of nitrogens with two attached hydrogens (primary N) is 1. The second kappa shape index (κ2) is 5.19. The molecule has 2 N–H and O–H groups in total. The van der Waals surface area contributed by atoms with Crippen LogP contribution in [0.2, 0.25) is 0 Å². The van der Waals surface area contributed by atoms with Gasteiger partial charge in [0.25, 0.3) is 0 Å². The molecule has 2 aromatic carbocycles. The molecule has 104 valence electrons. The summed E-state index contributed by atoms with van der Waals surface area (Å²) in [5, 5.41) is 8.93. The molecular weight excluding hydrogens is 335 g/mol. The molecule has 0 unspecified atom stereocenters. The molecule has 3 aromatic rings. The van der Waals surface area contributed by atoms with Crippen molar-refractivity contribution in [1.29, 1.82) is 5.26 Å². The Morgan fingerprint density at radius 1 is 1.33 bits per heavy atom. The molecule has 0 atom stereocenters. The molecule has 0 saturated heterocycles. The van der Waals surface area contributed by atoms with E-state index in [1.165, 1.54) is 6.07 Å². The van der Waals surface area contributed by atoms with E-state index in [0.29, 0.717) is 33.6 Å². The SMILES string of the molecule is N#Cc1cccc(Cn2c(N)nc3cc(Br)c(F)cc32)c1. The van der Waals surface area contributed by atoms with E-state index in [1.54, 1.807) is 28.8 Å². The van der Waals surface area contributed by atoms with Gasteiger partial charge in [-0.25, -0.2) is 9.37 Å². The Kier molecular flexibility index (Phi) is 3.35. The fourth-order valence-electron chi connectivity index (χ4n) is 2.23. The van der Waals surface area contributed by atoms with Gasteiger partial charge in [0.2, 0.25) is 5.95 Å². The Morgan fingerprint density at radius 3 is 2.90 bits per heavy atom. The summed E-state index contributed by atoms with van der Waals surface area (Å²) in [6.07, 6.45) is 0. The van der Waals surface area contributed by atoms with Gasteiger partial charge in [-0.2, -0.15) is 5.26 Å². The van der Waals surface area contributed by atoms with Gasteiger partial charge in [0, 0.05) is 6.07 Å². The number of nitrogen functional groups attached to an aromatic ring is 1. The molecule has 0 aliphatic heterocycles. The number of fused-ring (bicyclic) bond motifs is 1. The predicted octanol–water partition coefficient (Wildman–Crippen LogP) is 3.44. The highest BCUT2D eigenvalue weighted by atomic mass is 79.9. The average molecular weight is 345 g/mol. The Labute approximate surface area is 128 Å². The topological polar surface area (TPSA) is 67.6 Å². The fraction of sp³-hybridized carbons (Fsp3) is 0.0667. The number of hydrogen-bond acceptors (Lipinski definition) is 3. The number of benzene rings is 2. The van der Waals surface area contributed by atoms with Crippen molar-refractivity contribution in [2.24, 2.45) is 0 Å². The van der Waals surface area contributed by atoms with Crippen molar-refractivity contribution in [3.63, 3.8) is 0 Å². The van der Waals surface area contributed by atoms with Gasteiger partial charge < -0.3 is 10.3 Å². The van der Waals surface area contributed by atoms with E-state index in [1.807, 2.05) is 6.07 Å². The first-order valence-electron chi connectivity index (χ1n) is 6.18. The molecule has 21 heavy (non-hydrogen) atoms. The summed E-state index contributed by atoms with van der Waals surface area (Å²) in [5.74, 6) is -0.0562. The van der Waals surface area contributed by atoms with Crippen LogP contribution in [-0.4, -0.2) is 9.55 Å². The van der Waals surface area contributed by atoms with Crippen molar-refractivity contribution in [2.75, 3.05) is 5.73 Å². The van der Waals surface area contributed by atoms with Crippen molar-refractivity contribution in [3.8, 4) is 6.07 Å². The lowest BCUT2D eigenvalue weighted by Gasteiger charge is -2.07. The number of anilines is 1. The third-order valence-corrected chi connectivity index (χ3v) is 3.82. The Bertz CT molecular complexity index is 879. The molecule has 0 aliphatic rings. The standard InChI is InChI=1S/C15H10BrFN4/c16-11-5-13-14(6-12(11)17)21(15(19)20-13)8-10-3-1-2-9(4-10)7-18/h1-6H,8H2,(H2,19,20). The van der Waals surface area contributed by atoms with Gasteiger partial charge in [-0.3, -0.25) is 0 Å². The first kappa shape index (κ1) is 13.6. The number of rotatable bonds is 2. The van der Waals surface area contributed by atoms with Crippen LogP contribution in [0, 0.1) is 17.1 Å². The van der Waals surface area contributed by atoms with Crippen molar-refractivity contribution < 1.29 is 4.39 Å². The number of nitrogens with zero attached hydrogens (tertiary/aromatic N) is 3. The predicted molar refractivity (Wildman–Crippen MR) is 82.1 cm³/mol. The zero-order chi connectivity index (χ0) is 15.0. The molecule has 0 spiro atoms. The van der Waals surface area contributed by atoms with Crippen molar-refractivity contribution >= 4 is 32.9 Å². The Hall–Kier alpha value is -2.39. The van der Waals surface area contributed by atoms with Gasteiger partial charge in [-0.15, -0.1) is 0 Å². The minimum Gasteiger partial charge on any atom is -0.369 e. The minimum atomic E-state index is -0.366. The average Bonchev–Trinajstić information content (AvgIpc) is 2.76. The number of nitriles is 1. The molecule has 0 radical (unpaired) electrons. The monoisotopic (exact) mass is 344 g/mol. The molecule has 1 aromatic heterocycles. The molecule has 1 heterocycles. The van der Waals surface area contributed by atoms with Crippen LogP contribution in [0.3, 0.4) is 0 Å². The van der Waals surface area contributed by atoms with Gasteiger partial charge in [0.1, 0.15) is 5.82 Å². The summed E-state index contributed by atoms with van der Waals surface area (Å²) < 4.78 is 15.8. The van der Waals surface area contributed by atoms with Crippen LogP contribution >= 0.6 is 15.9 Å². The molecule has 4 nitrogen and oxygen atoms in total. The first-order valence-corrected chi connectivity index (χ1v) is 6.97. The summed E-state index contributed by atoms with van der Waals surface area (Å²) in [6, 6.07) is 12.3. The number of aromatic nitrogens is 2. The van der Waals surface area contributed by atoms with Crippen LogP contribution in [0.5, 0.6) is 0 Å². The zero-order valence-corrected chi connectivity index (χ0v) is 12.4. The lowest BCUT2D eigenvalue weighted by atomic mass is 10.1. The van der Waals surface area contributed by atoms with Gasteiger partial charge in [0.05, 0.1) is 33.7 Å². The molecule has 0 aliphatic carbocycles. The van der Waals surface area contributed by atoms with E-state index in [0.717, 1.165) is 5.56 Å². The summed E-state index contributed by atoms with van der Waals surface area (Å²) in [4.78, 5) is 4.23. The van der Waals surface area contributed by atoms with Gasteiger partial charge in [-0.1, -0.05) is 12.1 Å². The number of halogens is 2. The molecule has 0 fully saturated rings. The lowest BCUT2D eigenvalue weighted by Crippen LogP contribution is -2.04. The number of imidazole rings is 1. The van der Waals surface area contributed by atoms with Gasteiger partial charge in [-0.05, 0) is 39.7 Å². The third kappa shape index (κ3) is 2.48. The second-order valence-corrected chi connectivity index (χ2v) is 5.48. The number of hydrogen-bond donors (Lipinski definition) is 1. The molecule has 0 amide bonds. The van der Waals surface area contributed by atoms with Crippen molar-refractivity contribution in [2.45, 2.75) is 6.54 Å². The maximum atomic E-state index is 13.7. The van der Waals surface area contributed by atoms with Gasteiger partial charge >= 0.3 is 0 Å². The highest BCUT2D eigenvalue weighted by Gasteiger charge is 2.12. The Morgan fingerprint density at radius 2 is 2.14 bits per heavy atom. The van der Waals surface area contributed by atoms with Crippen LogP contribution < -0.4 is 5.73 Å². The summed E-state index contributed by atoms with van der Waals surface area (Å²) >= 11 is 3.13. The molecular formula is C15H10BrFN4. The highest BCUT2D eigenvalue weighted by Crippen LogP contribution is 2.25. The highest BCUT2D eigenvalue weighted by molar-refractivity contribution is 9.10. The zero-order valence-electron chi connectivity index (χ0n) is 10.8. The maximum absolute atomic E-state index is 13.7. The van der Waals surface area contributed by atoms with E-state index in [-0.39, 0.29) is 5.82 Å². The summed E-state index contributed by atoms with van der Waals surface area (Å²) in [7, 11) is 0. The minimum absolute atomic E-state index is 0.310. The normalized spacial score (nSPS) is 10.7. The van der Waals surface area contributed by atoms with Gasteiger partial charge in [0.15, 0.2) is 0 Å². The van der Waals surface area contributed by atoms with Crippen LogP contribution in [0.1, 0.15) is 11.1 Å². The van der Waals surface area contributed by atoms with Crippen LogP contribution in [0.15, 0.2) is 40.9 Å². The molecule has 6 heteroatoms. The molecule has 3 rings (SSSR count). The quantitative estimate of drug-likeness (QED) is 0.774. The van der Waals surface area contributed by atoms with E-state index in [9.17, 15) is 4.39 Å². The Balaban J connectivity index is 2.10. The second-order valence-electron chi connectivity index (χ2n) is 4.62. The third-order valence-electron chi connectivity index (χ3n) is 3.22. The van der Waals surface area contributed by atoms with E-state index in [4.69, 9.17) is 11.0 Å². The molecule has 0 saturated carbocycles. The van der Waals surface area contributed by atoms with Crippen LogP contribution in [0.25, 0.3) is 11.0 Å². The van der Waals surface area contributed by atoms with Crippen molar-refractivity contribution in [1.82, 2.24) is 9.55 Å². The maximum Gasteiger partial charge on any atom is 0.201 e. The summed E-state index contributed by atoms with van der Waals surface area (Å²) in [6.45, 7) is 0.429. The smallest absolute Gasteiger partial charge is 0.201 e. The van der Waals surface area contributed by atoms with E-state index in [2.05, 4.69) is 27.0 Å². The van der Waals surface area contributed by atoms with E-state index >= 15 is 0 Å².